The number of imide groups is 1. The molecule has 1 N–H and O–H groups in total. The van der Waals surface area contributed by atoms with Crippen LogP contribution in [0.4, 0.5) is 5.13 Å². The lowest BCUT2D eigenvalue weighted by Crippen LogP contribution is -2.28. The Morgan fingerprint density at radius 1 is 1.12 bits per heavy atom. The molecule has 0 unspecified atom stereocenters. The summed E-state index contributed by atoms with van der Waals surface area (Å²) in [4.78, 5) is 56.0. The maximum atomic E-state index is 12.6. The third-order valence-corrected chi connectivity index (χ3v) is 6.24. The van der Waals surface area contributed by atoms with Gasteiger partial charge in [0.2, 0.25) is 5.91 Å². The quantitative estimate of drug-likeness (QED) is 0.348. The number of rotatable bonds is 5. The maximum absolute atomic E-state index is 12.6. The van der Waals surface area contributed by atoms with Gasteiger partial charge in [0, 0.05) is 17.2 Å². The summed E-state index contributed by atoms with van der Waals surface area (Å²) in [5, 5.41) is 3.38. The summed E-state index contributed by atoms with van der Waals surface area (Å²) in [6.45, 7) is 1.94. The first-order chi connectivity index (χ1) is 16.4. The Hall–Kier alpha value is -4.37. The zero-order chi connectivity index (χ0) is 23.8. The zero-order valence-corrected chi connectivity index (χ0v) is 18.7. The SMILES string of the molecule is Cc1ccc2occ(/C=C/C(=O)Nc3ncc(CN4C(=O)c5ccccc5C4=O)s3)c(=O)c2c1. The molecule has 0 fully saturated rings. The molecule has 2 aromatic carbocycles. The van der Waals surface area contributed by atoms with Gasteiger partial charge < -0.3 is 4.42 Å². The highest BCUT2D eigenvalue weighted by Crippen LogP contribution is 2.27. The van der Waals surface area contributed by atoms with Crippen LogP contribution in [0.2, 0.25) is 0 Å². The molecule has 5 rings (SSSR count). The van der Waals surface area contributed by atoms with Crippen molar-refractivity contribution in [2.45, 2.75) is 13.5 Å². The van der Waals surface area contributed by atoms with Crippen molar-refractivity contribution in [1.82, 2.24) is 9.88 Å². The van der Waals surface area contributed by atoms with E-state index in [4.69, 9.17) is 4.42 Å². The Kier molecular flexibility index (Phi) is 5.39. The van der Waals surface area contributed by atoms with E-state index < -0.39 is 5.91 Å². The lowest BCUT2D eigenvalue weighted by molar-refractivity contribution is -0.111. The minimum atomic E-state index is -0.481. The van der Waals surface area contributed by atoms with Crippen molar-refractivity contribution in [2.75, 3.05) is 5.32 Å². The Morgan fingerprint density at radius 3 is 2.59 bits per heavy atom. The number of carbonyl (C=O) groups excluding carboxylic acids is 3. The van der Waals surface area contributed by atoms with Gasteiger partial charge in [-0.3, -0.25) is 29.4 Å². The largest absolute Gasteiger partial charge is 0.463 e. The van der Waals surface area contributed by atoms with Gasteiger partial charge in [-0.05, 0) is 37.3 Å². The number of hydrogen-bond acceptors (Lipinski definition) is 7. The number of benzene rings is 2. The highest BCUT2D eigenvalue weighted by atomic mass is 32.1. The summed E-state index contributed by atoms with van der Waals surface area (Å²) >= 11 is 1.16. The molecule has 9 heteroatoms. The number of thiazole rings is 1. The van der Waals surface area contributed by atoms with Gasteiger partial charge >= 0.3 is 0 Å². The molecule has 0 bridgehead atoms. The van der Waals surface area contributed by atoms with Gasteiger partial charge in [0.1, 0.15) is 11.8 Å². The van der Waals surface area contributed by atoms with Crippen LogP contribution in [-0.2, 0) is 11.3 Å². The Labute approximate surface area is 197 Å². The van der Waals surface area contributed by atoms with E-state index in [1.807, 2.05) is 13.0 Å². The number of hydrogen-bond donors (Lipinski definition) is 1. The second-order valence-corrected chi connectivity index (χ2v) is 8.83. The summed E-state index contributed by atoms with van der Waals surface area (Å²) in [5.41, 5.74) is 2.18. The fraction of sp³-hybridized carbons (Fsp3) is 0.0800. The first kappa shape index (κ1) is 21.5. The number of aryl methyl sites for hydroxylation is 1. The molecule has 3 heterocycles. The van der Waals surface area contributed by atoms with Crippen LogP contribution < -0.4 is 10.7 Å². The van der Waals surface area contributed by atoms with E-state index in [-0.39, 0.29) is 29.4 Å². The Morgan fingerprint density at radius 2 is 1.85 bits per heavy atom. The van der Waals surface area contributed by atoms with E-state index in [2.05, 4.69) is 10.3 Å². The van der Waals surface area contributed by atoms with Crippen LogP contribution in [-0.4, -0.2) is 27.6 Å². The van der Waals surface area contributed by atoms with Crippen molar-refractivity contribution in [2.24, 2.45) is 0 Å². The topological polar surface area (TPSA) is 110 Å². The van der Waals surface area contributed by atoms with Crippen LogP contribution in [0, 0.1) is 6.92 Å². The maximum Gasteiger partial charge on any atom is 0.261 e. The van der Waals surface area contributed by atoms with E-state index >= 15 is 0 Å². The average Bonchev–Trinajstić information content (AvgIpc) is 3.37. The van der Waals surface area contributed by atoms with E-state index in [1.165, 1.54) is 24.6 Å². The molecule has 168 valence electrons. The summed E-state index contributed by atoms with van der Waals surface area (Å²) in [5.74, 6) is -1.19. The summed E-state index contributed by atoms with van der Waals surface area (Å²) in [6, 6.07) is 12.0. The van der Waals surface area contributed by atoms with Crippen LogP contribution in [0.15, 0.2) is 70.2 Å². The van der Waals surface area contributed by atoms with Crippen LogP contribution in [0.5, 0.6) is 0 Å². The highest BCUT2D eigenvalue weighted by Gasteiger charge is 2.35. The molecule has 8 nitrogen and oxygen atoms in total. The standard InChI is InChI=1S/C25H17N3O5S/c1-14-6-8-20-19(10-14)22(30)15(13-33-20)7-9-21(29)27-25-26-11-16(34-25)12-28-23(31)17-4-2-3-5-18(17)24(28)32/h2-11,13H,12H2,1H3,(H,26,27,29)/b9-7+. The smallest absolute Gasteiger partial charge is 0.261 e. The number of aromatic nitrogens is 1. The molecule has 1 aliphatic rings. The molecule has 0 saturated carbocycles. The Bertz CT molecular complexity index is 1530. The molecule has 0 radical (unpaired) electrons. The highest BCUT2D eigenvalue weighted by molar-refractivity contribution is 7.15. The molecule has 34 heavy (non-hydrogen) atoms. The minimum Gasteiger partial charge on any atom is -0.463 e. The van der Waals surface area contributed by atoms with Gasteiger partial charge in [-0.2, -0.15) is 0 Å². The molecular formula is C25H17N3O5S. The van der Waals surface area contributed by atoms with Crippen LogP contribution in [0.1, 0.15) is 36.7 Å². The van der Waals surface area contributed by atoms with Gasteiger partial charge in [0.05, 0.1) is 28.6 Å². The predicted octanol–water partition coefficient (Wildman–Crippen LogP) is 4.01. The van der Waals surface area contributed by atoms with Gasteiger partial charge in [-0.25, -0.2) is 4.98 Å². The minimum absolute atomic E-state index is 0.0628. The molecule has 0 atom stereocenters. The lowest BCUT2D eigenvalue weighted by atomic mass is 10.1. The first-order valence-corrected chi connectivity index (χ1v) is 11.1. The number of nitrogens with one attached hydrogen (secondary N) is 1. The van der Waals surface area contributed by atoms with Crippen molar-refractivity contribution in [3.8, 4) is 0 Å². The summed E-state index contributed by atoms with van der Waals surface area (Å²) in [7, 11) is 0. The number of amides is 3. The third kappa shape index (κ3) is 3.93. The zero-order valence-electron chi connectivity index (χ0n) is 17.9. The molecule has 2 aromatic heterocycles. The monoisotopic (exact) mass is 471 g/mol. The van der Waals surface area contributed by atoms with E-state index in [1.54, 1.807) is 36.4 Å². The van der Waals surface area contributed by atoms with Crippen LogP contribution in [0.3, 0.4) is 0 Å². The predicted molar refractivity (Wildman–Crippen MR) is 128 cm³/mol. The van der Waals surface area contributed by atoms with Crippen LogP contribution in [0.25, 0.3) is 17.0 Å². The molecule has 0 spiro atoms. The number of nitrogens with zero attached hydrogens (tertiary/aromatic N) is 2. The number of anilines is 1. The van der Waals surface area contributed by atoms with Gasteiger partial charge in [0.25, 0.3) is 11.8 Å². The van der Waals surface area contributed by atoms with Gasteiger partial charge in [-0.15, -0.1) is 0 Å². The fourth-order valence-electron chi connectivity index (χ4n) is 3.66. The van der Waals surface area contributed by atoms with Crippen molar-refractivity contribution < 1.29 is 18.8 Å². The molecular weight excluding hydrogens is 454 g/mol. The summed E-state index contributed by atoms with van der Waals surface area (Å²) < 4.78 is 5.48. The molecule has 0 saturated heterocycles. The van der Waals surface area contributed by atoms with Crippen molar-refractivity contribution >= 4 is 51.2 Å². The van der Waals surface area contributed by atoms with Crippen molar-refractivity contribution in [1.29, 1.82) is 0 Å². The van der Waals surface area contributed by atoms with E-state index in [0.717, 1.165) is 21.8 Å². The van der Waals surface area contributed by atoms with Gasteiger partial charge in [0.15, 0.2) is 10.6 Å². The van der Waals surface area contributed by atoms with Crippen LogP contribution >= 0.6 is 11.3 Å². The second kappa shape index (κ2) is 8.53. The Balaban J connectivity index is 1.26. The normalized spacial score (nSPS) is 13.1. The molecule has 0 aliphatic carbocycles. The lowest BCUT2D eigenvalue weighted by Gasteiger charge is -2.11. The molecule has 4 aromatic rings. The fourth-order valence-corrected chi connectivity index (χ4v) is 4.47. The second-order valence-electron chi connectivity index (χ2n) is 7.72. The van der Waals surface area contributed by atoms with E-state index in [9.17, 15) is 19.2 Å². The van der Waals surface area contributed by atoms with E-state index in [0.29, 0.717) is 32.1 Å². The summed E-state index contributed by atoms with van der Waals surface area (Å²) in [6.07, 6.45) is 5.43. The number of fused-ring (bicyclic) bond motifs is 2. The average molecular weight is 471 g/mol. The first-order valence-electron chi connectivity index (χ1n) is 10.3. The molecule has 1 aliphatic heterocycles. The third-order valence-electron chi connectivity index (χ3n) is 5.34. The van der Waals surface area contributed by atoms with Gasteiger partial charge in [-0.1, -0.05) is 35.1 Å². The molecule has 3 amide bonds. The number of carbonyl (C=O) groups is 3. The van der Waals surface area contributed by atoms with Crippen molar-refractivity contribution in [3.05, 3.63) is 98.4 Å². The van der Waals surface area contributed by atoms with Crippen molar-refractivity contribution in [3.63, 3.8) is 0 Å².